The number of amides is 2. The normalized spacial score (nSPS) is 18.3. The van der Waals surface area contributed by atoms with Crippen LogP contribution >= 0.6 is 0 Å². The summed E-state index contributed by atoms with van der Waals surface area (Å²) in [7, 11) is 0. The Morgan fingerprint density at radius 3 is 2.74 bits per heavy atom. The van der Waals surface area contributed by atoms with Crippen molar-refractivity contribution in [3.63, 3.8) is 0 Å². The Bertz CT molecular complexity index is 1080. The van der Waals surface area contributed by atoms with E-state index in [1.165, 1.54) is 12.5 Å². The summed E-state index contributed by atoms with van der Waals surface area (Å²) in [6.45, 7) is 3.25. The predicted molar refractivity (Wildman–Crippen MR) is 129 cm³/mol. The highest BCUT2D eigenvalue weighted by atomic mass is 16.5. The molecule has 2 atom stereocenters. The van der Waals surface area contributed by atoms with E-state index in [-0.39, 0.29) is 29.2 Å². The molecule has 3 heterocycles. The number of hydrogen-bond donors (Lipinski definition) is 4. The van der Waals surface area contributed by atoms with Crippen LogP contribution in [0.25, 0.3) is 0 Å². The Kier molecular flexibility index (Phi) is 8.03. The molecule has 2 aromatic rings. The van der Waals surface area contributed by atoms with Crippen molar-refractivity contribution in [2.75, 3.05) is 25.0 Å². The largest absolute Gasteiger partial charge is 0.376 e. The van der Waals surface area contributed by atoms with E-state index < -0.39 is 17.9 Å². The third kappa shape index (κ3) is 6.63. The Morgan fingerprint density at radius 2 is 2.06 bits per heavy atom. The monoisotopic (exact) mass is 479 g/mol. The van der Waals surface area contributed by atoms with Crippen LogP contribution in [0.4, 0.5) is 11.5 Å². The van der Waals surface area contributed by atoms with Crippen molar-refractivity contribution in [1.82, 2.24) is 30.6 Å². The van der Waals surface area contributed by atoms with Gasteiger partial charge in [-0.05, 0) is 32.6 Å². The molecule has 4 N–H and O–H groups in total. The van der Waals surface area contributed by atoms with Crippen LogP contribution in [0, 0.1) is 5.41 Å². The lowest BCUT2D eigenvalue weighted by Gasteiger charge is -2.18. The molecule has 184 valence electrons. The summed E-state index contributed by atoms with van der Waals surface area (Å²) in [5.74, 6) is -0.667. The first-order valence-corrected chi connectivity index (χ1v) is 11.7. The smallest absolute Gasteiger partial charge is 0.274 e. The van der Waals surface area contributed by atoms with Gasteiger partial charge in [0.2, 0.25) is 0 Å². The summed E-state index contributed by atoms with van der Waals surface area (Å²) in [5, 5.41) is 16.8. The van der Waals surface area contributed by atoms with Gasteiger partial charge in [0.25, 0.3) is 11.8 Å². The van der Waals surface area contributed by atoms with Crippen molar-refractivity contribution < 1.29 is 14.3 Å². The summed E-state index contributed by atoms with van der Waals surface area (Å²) in [6, 6.07) is -1.04. The summed E-state index contributed by atoms with van der Waals surface area (Å²) < 4.78 is 5.52. The zero-order valence-corrected chi connectivity index (χ0v) is 19.5. The van der Waals surface area contributed by atoms with Crippen molar-refractivity contribution in [2.45, 2.75) is 50.7 Å². The molecule has 2 unspecified atom stereocenters. The van der Waals surface area contributed by atoms with Crippen molar-refractivity contribution in [3.8, 4) is 0 Å². The van der Waals surface area contributed by atoms with E-state index in [2.05, 4.69) is 40.9 Å². The molecule has 2 aliphatic rings. The second kappa shape index (κ2) is 11.6. The Hall–Kier alpha value is -3.80. The number of nitrogens with zero attached hydrogens (tertiary/aromatic N) is 5. The molecule has 12 nitrogen and oxygen atoms in total. The van der Waals surface area contributed by atoms with Crippen molar-refractivity contribution >= 4 is 35.2 Å². The van der Waals surface area contributed by atoms with E-state index >= 15 is 0 Å². The molecule has 0 bridgehead atoms. The quantitative estimate of drug-likeness (QED) is 0.351. The number of aliphatic imine (C=N–C) groups is 1. The van der Waals surface area contributed by atoms with Crippen LogP contribution in [0.15, 0.2) is 29.9 Å². The van der Waals surface area contributed by atoms with Crippen molar-refractivity contribution in [1.29, 1.82) is 5.41 Å². The minimum absolute atomic E-state index is 0.0554. The van der Waals surface area contributed by atoms with Gasteiger partial charge in [-0.2, -0.15) is 0 Å². The number of hydrogen-bond acceptors (Lipinski definition) is 10. The molecule has 1 saturated carbocycles. The minimum atomic E-state index is -1.04. The summed E-state index contributed by atoms with van der Waals surface area (Å²) in [5.41, 5.74) is 1.00. The molecule has 1 aliphatic heterocycles. The maximum Gasteiger partial charge on any atom is 0.274 e. The highest BCUT2D eigenvalue weighted by Crippen LogP contribution is 2.39. The highest BCUT2D eigenvalue weighted by molar-refractivity contribution is 6.43. The van der Waals surface area contributed by atoms with Crippen LogP contribution in [0.3, 0.4) is 0 Å². The third-order valence-electron chi connectivity index (χ3n) is 5.62. The lowest BCUT2D eigenvalue weighted by molar-refractivity contribution is -0.115. The highest BCUT2D eigenvalue weighted by Gasteiger charge is 2.29. The third-order valence-corrected chi connectivity index (χ3v) is 5.62. The molecule has 1 saturated heterocycles. The van der Waals surface area contributed by atoms with E-state index in [1.54, 1.807) is 18.6 Å². The molecule has 1 aliphatic carbocycles. The number of carbonyl (C=O) groups excluding carboxylic acids is 2. The maximum atomic E-state index is 13.3. The molecule has 2 fully saturated rings. The molecule has 0 radical (unpaired) electrons. The zero-order chi connectivity index (χ0) is 24.6. The molecule has 2 aromatic heterocycles. The van der Waals surface area contributed by atoms with Crippen LogP contribution in [0.1, 0.15) is 54.7 Å². The number of carbonyl (C=O) groups is 2. The van der Waals surface area contributed by atoms with Crippen molar-refractivity contribution in [2.24, 2.45) is 4.99 Å². The Balaban J connectivity index is 1.51. The van der Waals surface area contributed by atoms with Gasteiger partial charge in [0.1, 0.15) is 18.1 Å². The van der Waals surface area contributed by atoms with E-state index in [0.29, 0.717) is 25.4 Å². The van der Waals surface area contributed by atoms with E-state index in [4.69, 9.17) is 10.1 Å². The molecule has 2 amide bonds. The Labute approximate surface area is 202 Å². The summed E-state index contributed by atoms with van der Waals surface area (Å²) >= 11 is 0. The second-order valence-corrected chi connectivity index (χ2v) is 8.38. The van der Waals surface area contributed by atoms with Crippen molar-refractivity contribution in [3.05, 3.63) is 36.3 Å². The second-order valence-electron chi connectivity index (χ2n) is 8.38. The SMILES string of the molecule is CCN=CC(NC(=O)c1nc(C2CC2)cnc1Nc1cncnc1)C(=N)C(=O)NCC1CCCO1. The average molecular weight is 480 g/mol. The van der Waals surface area contributed by atoms with Crippen LogP contribution in [0.5, 0.6) is 0 Å². The average Bonchev–Trinajstić information content (AvgIpc) is 3.60. The van der Waals surface area contributed by atoms with Crippen LogP contribution in [0.2, 0.25) is 0 Å². The number of ether oxygens (including phenoxy) is 1. The molecule has 0 spiro atoms. The molecule has 0 aromatic carbocycles. The first-order valence-electron chi connectivity index (χ1n) is 11.7. The van der Waals surface area contributed by atoms with E-state index in [9.17, 15) is 9.59 Å². The van der Waals surface area contributed by atoms with Crippen LogP contribution < -0.4 is 16.0 Å². The lowest BCUT2D eigenvalue weighted by Crippen LogP contribution is -2.49. The Morgan fingerprint density at radius 1 is 1.26 bits per heavy atom. The molecule has 4 rings (SSSR count). The minimum Gasteiger partial charge on any atom is -0.376 e. The fourth-order valence-electron chi connectivity index (χ4n) is 3.58. The summed E-state index contributed by atoms with van der Waals surface area (Å²) in [6.07, 6.45) is 11.3. The first-order chi connectivity index (χ1) is 17.0. The molecular weight excluding hydrogens is 450 g/mol. The predicted octanol–water partition coefficient (Wildman–Crippen LogP) is 1.39. The number of rotatable bonds is 11. The van der Waals surface area contributed by atoms with Gasteiger partial charge < -0.3 is 20.7 Å². The van der Waals surface area contributed by atoms with Crippen LogP contribution in [-0.4, -0.2) is 75.5 Å². The lowest BCUT2D eigenvalue weighted by atomic mass is 10.1. The standard InChI is InChI=1S/C23H29N9O3/c1-2-25-11-18(19(24)22(33)29-10-16-4-3-7-35-16)32-23(34)20-21(30-15-8-26-13-27-9-15)28-12-17(31-20)14-5-6-14/h8-9,11-14,16,18,24H,2-7,10H2,1H3,(H,28,30)(H,29,33)(H,32,34). The number of nitrogens with one attached hydrogen (secondary N) is 4. The van der Waals surface area contributed by atoms with E-state index in [1.807, 2.05) is 6.92 Å². The van der Waals surface area contributed by atoms with Crippen LogP contribution in [-0.2, 0) is 9.53 Å². The van der Waals surface area contributed by atoms with Gasteiger partial charge in [-0.15, -0.1) is 0 Å². The molecular formula is C23H29N9O3. The topological polar surface area (TPSA) is 167 Å². The fourth-order valence-corrected chi connectivity index (χ4v) is 3.58. The van der Waals surface area contributed by atoms with Gasteiger partial charge >= 0.3 is 0 Å². The molecule has 12 heteroatoms. The van der Waals surface area contributed by atoms with Gasteiger partial charge in [-0.3, -0.25) is 20.0 Å². The maximum absolute atomic E-state index is 13.3. The van der Waals surface area contributed by atoms with Gasteiger partial charge in [0, 0.05) is 31.8 Å². The zero-order valence-electron chi connectivity index (χ0n) is 19.5. The van der Waals surface area contributed by atoms with Gasteiger partial charge in [-0.25, -0.2) is 19.9 Å². The van der Waals surface area contributed by atoms with Gasteiger partial charge in [-0.1, -0.05) is 0 Å². The van der Waals surface area contributed by atoms with Gasteiger partial charge in [0.15, 0.2) is 11.5 Å². The number of anilines is 2. The fraction of sp³-hybridized carbons (Fsp3) is 0.478. The van der Waals surface area contributed by atoms with E-state index in [0.717, 1.165) is 31.4 Å². The molecule has 35 heavy (non-hydrogen) atoms. The van der Waals surface area contributed by atoms with Gasteiger partial charge in [0.05, 0.1) is 36.1 Å². The number of aromatic nitrogens is 4. The summed E-state index contributed by atoms with van der Waals surface area (Å²) in [4.78, 5) is 47.0. The first kappa shape index (κ1) is 24.3.